The van der Waals surface area contributed by atoms with Crippen LogP contribution in [-0.4, -0.2) is 49.2 Å². The number of piperazine rings is 1. The van der Waals surface area contributed by atoms with Gasteiger partial charge in [-0.25, -0.2) is 9.78 Å². The summed E-state index contributed by atoms with van der Waals surface area (Å²) < 4.78 is 4.81. The molecule has 1 aliphatic heterocycles. The Bertz CT molecular complexity index is 1050. The second-order valence-corrected chi connectivity index (χ2v) is 7.99. The molecular weight excluding hydrogens is 376 g/mol. The third-order valence-corrected chi connectivity index (χ3v) is 6.40. The number of aryl methyl sites for hydroxylation is 1. The zero-order valence-electron chi connectivity index (χ0n) is 15.9. The van der Waals surface area contributed by atoms with Gasteiger partial charge in [0.1, 0.15) is 16.3 Å². The zero-order valence-corrected chi connectivity index (χ0v) is 16.8. The number of aromatic amines is 1. The average Bonchev–Trinajstić information content (AvgIpc) is 3.05. The maximum Gasteiger partial charge on any atom is 0.348 e. The molecular formula is C20H23N4O3S+. The lowest BCUT2D eigenvalue weighted by atomic mass is 10.2. The van der Waals surface area contributed by atoms with Crippen LogP contribution < -0.4 is 15.4 Å². The fraction of sp³-hybridized carbons (Fsp3) is 0.350. The number of fused-ring (bicyclic) bond motifs is 1. The van der Waals surface area contributed by atoms with Gasteiger partial charge < -0.3 is 19.5 Å². The second-order valence-electron chi connectivity index (χ2n) is 6.99. The predicted octanol–water partition coefficient (Wildman–Crippen LogP) is 0.985. The molecule has 1 aliphatic rings. The van der Waals surface area contributed by atoms with Crippen LogP contribution in [0.5, 0.6) is 0 Å². The number of hydrogen-bond acceptors (Lipinski definition) is 6. The molecule has 0 radical (unpaired) electrons. The van der Waals surface area contributed by atoms with Gasteiger partial charge in [-0.3, -0.25) is 4.79 Å². The summed E-state index contributed by atoms with van der Waals surface area (Å²) in [5.41, 5.74) is 1.70. The third-order valence-electron chi connectivity index (χ3n) is 5.23. The fourth-order valence-electron chi connectivity index (χ4n) is 3.69. The van der Waals surface area contributed by atoms with Crippen molar-refractivity contribution in [3.63, 3.8) is 0 Å². The molecule has 28 heavy (non-hydrogen) atoms. The molecule has 1 aromatic carbocycles. The van der Waals surface area contributed by atoms with Crippen molar-refractivity contribution < 1.29 is 14.4 Å². The zero-order chi connectivity index (χ0) is 19.7. The Hall–Kier alpha value is -2.71. The van der Waals surface area contributed by atoms with Crippen molar-refractivity contribution in [2.24, 2.45) is 0 Å². The molecule has 3 aromatic rings. The maximum atomic E-state index is 12.6. The number of nitrogens with one attached hydrogen (secondary N) is 2. The number of carbonyl (C=O) groups is 1. The number of hydrogen-bond donors (Lipinski definition) is 2. The Morgan fingerprint density at radius 3 is 2.68 bits per heavy atom. The van der Waals surface area contributed by atoms with Crippen LogP contribution in [0.3, 0.4) is 0 Å². The van der Waals surface area contributed by atoms with Gasteiger partial charge in [0, 0.05) is 5.69 Å². The Morgan fingerprint density at radius 1 is 1.29 bits per heavy atom. The van der Waals surface area contributed by atoms with E-state index in [1.807, 2.05) is 6.07 Å². The first-order chi connectivity index (χ1) is 13.6. The van der Waals surface area contributed by atoms with Crippen molar-refractivity contribution >= 4 is 33.2 Å². The SMILES string of the molecule is COC(=O)c1sc2nc(C[NH+]3CCN(c4ccccc4)CC3)[nH]c(=O)c2c1C. The summed E-state index contributed by atoms with van der Waals surface area (Å²) in [6.07, 6.45) is 0. The normalized spacial score (nSPS) is 15.1. The number of para-hydroxylation sites is 1. The highest BCUT2D eigenvalue weighted by Crippen LogP contribution is 2.27. The summed E-state index contributed by atoms with van der Waals surface area (Å²) >= 11 is 1.22. The molecule has 0 atom stereocenters. The lowest BCUT2D eigenvalue weighted by molar-refractivity contribution is -0.915. The smallest absolute Gasteiger partial charge is 0.348 e. The fourth-order valence-corrected chi connectivity index (χ4v) is 4.81. The Balaban J connectivity index is 1.50. The molecule has 0 unspecified atom stereocenters. The van der Waals surface area contributed by atoms with Crippen molar-refractivity contribution in [2.75, 3.05) is 38.2 Å². The second kappa shape index (κ2) is 7.73. The number of quaternary nitrogens is 1. The number of rotatable bonds is 4. The number of methoxy groups -OCH3 is 1. The van der Waals surface area contributed by atoms with Crippen LogP contribution in [0.25, 0.3) is 10.2 Å². The van der Waals surface area contributed by atoms with Gasteiger partial charge in [0.05, 0.1) is 38.7 Å². The molecule has 0 amide bonds. The predicted molar refractivity (Wildman–Crippen MR) is 109 cm³/mol. The van der Waals surface area contributed by atoms with Crippen molar-refractivity contribution in [1.29, 1.82) is 0 Å². The van der Waals surface area contributed by atoms with Gasteiger partial charge in [0.2, 0.25) is 0 Å². The van der Waals surface area contributed by atoms with Crippen LogP contribution in [0.1, 0.15) is 21.1 Å². The van der Waals surface area contributed by atoms with Gasteiger partial charge in [-0.15, -0.1) is 11.3 Å². The summed E-state index contributed by atoms with van der Waals surface area (Å²) in [6.45, 7) is 6.32. The number of nitrogens with zero attached hydrogens (tertiary/aromatic N) is 2. The maximum absolute atomic E-state index is 12.6. The molecule has 146 valence electrons. The van der Waals surface area contributed by atoms with E-state index in [9.17, 15) is 9.59 Å². The minimum atomic E-state index is -0.427. The summed E-state index contributed by atoms with van der Waals surface area (Å²) in [5, 5.41) is 0.484. The minimum absolute atomic E-state index is 0.189. The first-order valence-corrected chi connectivity index (χ1v) is 10.1. The lowest BCUT2D eigenvalue weighted by Gasteiger charge is -2.33. The van der Waals surface area contributed by atoms with Crippen molar-refractivity contribution in [3.8, 4) is 0 Å². The summed E-state index contributed by atoms with van der Waals surface area (Å²) in [5.74, 6) is 0.238. The van der Waals surface area contributed by atoms with E-state index in [4.69, 9.17) is 4.74 Å². The van der Waals surface area contributed by atoms with Gasteiger partial charge >= 0.3 is 5.97 Å². The summed E-state index contributed by atoms with van der Waals surface area (Å²) in [4.78, 5) is 36.8. The number of thiophene rings is 1. The molecule has 4 rings (SSSR count). The van der Waals surface area contributed by atoms with E-state index in [-0.39, 0.29) is 5.56 Å². The van der Waals surface area contributed by atoms with Gasteiger partial charge in [-0.05, 0) is 24.6 Å². The number of carbonyl (C=O) groups excluding carboxylic acids is 1. The molecule has 1 saturated heterocycles. The molecule has 0 aliphatic carbocycles. The molecule has 3 heterocycles. The van der Waals surface area contributed by atoms with E-state index in [1.54, 1.807) is 6.92 Å². The standard InChI is InChI=1S/C20H22N4O3S/c1-13-16-18(25)21-15(22-19(16)28-17(13)20(26)27-2)12-23-8-10-24(11-9-23)14-6-4-3-5-7-14/h3-7H,8-12H2,1-2H3,(H,21,22,25)/p+1. The van der Waals surface area contributed by atoms with E-state index in [2.05, 4.69) is 39.1 Å². The minimum Gasteiger partial charge on any atom is -0.465 e. The highest BCUT2D eigenvalue weighted by molar-refractivity contribution is 7.20. The topological polar surface area (TPSA) is 79.7 Å². The molecule has 8 heteroatoms. The molecule has 2 N–H and O–H groups in total. The molecule has 0 spiro atoms. The molecule has 1 fully saturated rings. The van der Waals surface area contributed by atoms with Gasteiger partial charge in [-0.1, -0.05) is 18.2 Å². The number of H-pyrrole nitrogens is 1. The first-order valence-electron chi connectivity index (χ1n) is 9.31. The van der Waals surface area contributed by atoms with E-state index in [0.29, 0.717) is 33.0 Å². The first kappa shape index (κ1) is 18.6. The van der Waals surface area contributed by atoms with Crippen LogP contribution >= 0.6 is 11.3 Å². The van der Waals surface area contributed by atoms with Crippen molar-refractivity contribution in [3.05, 3.63) is 57.0 Å². The van der Waals surface area contributed by atoms with E-state index in [1.165, 1.54) is 29.0 Å². The van der Waals surface area contributed by atoms with E-state index in [0.717, 1.165) is 26.2 Å². The number of esters is 1. The van der Waals surface area contributed by atoms with Crippen LogP contribution in [-0.2, 0) is 11.3 Å². The highest BCUT2D eigenvalue weighted by atomic mass is 32.1. The van der Waals surface area contributed by atoms with Crippen molar-refractivity contribution in [2.45, 2.75) is 13.5 Å². The molecule has 7 nitrogen and oxygen atoms in total. The highest BCUT2D eigenvalue weighted by Gasteiger charge is 2.23. The number of anilines is 1. The van der Waals surface area contributed by atoms with Crippen LogP contribution in [0.4, 0.5) is 5.69 Å². The van der Waals surface area contributed by atoms with Crippen LogP contribution in [0.15, 0.2) is 35.1 Å². The number of ether oxygens (including phenoxy) is 1. The van der Waals surface area contributed by atoms with Crippen molar-refractivity contribution in [1.82, 2.24) is 9.97 Å². The monoisotopic (exact) mass is 399 g/mol. The van der Waals surface area contributed by atoms with Crippen LogP contribution in [0, 0.1) is 6.92 Å². The summed E-state index contributed by atoms with van der Waals surface area (Å²) in [6, 6.07) is 10.4. The molecule has 0 saturated carbocycles. The Kier molecular flexibility index (Phi) is 5.15. The number of aromatic nitrogens is 2. The Morgan fingerprint density at radius 2 is 2.00 bits per heavy atom. The molecule has 2 aromatic heterocycles. The average molecular weight is 399 g/mol. The van der Waals surface area contributed by atoms with Gasteiger partial charge in [0.25, 0.3) is 5.56 Å². The van der Waals surface area contributed by atoms with Gasteiger partial charge in [0.15, 0.2) is 5.82 Å². The number of benzene rings is 1. The van der Waals surface area contributed by atoms with E-state index < -0.39 is 5.97 Å². The van der Waals surface area contributed by atoms with E-state index >= 15 is 0 Å². The van der Waals surface area contributed by atoms with Gasteiger partial charge in [-0.2, -0.15) is 0 Å². The molecule has 0 bridgehead atoms. The van der Waals surface area contributed by atoms with Crippen LogP contribution in [0.2, 0.25) is 0 Å². The Labute approximate surface area is 166 Å². The quantitative estimate of drug-likeness (QED) is 0.640. The summed E-state index contributed by atoms with van der Waals surface area (Å²) in [7, 11) is 1.34. The lowest BCUT2D eigenvalue weighted by Crippen LogP contribution is -3.13. The largest absolute Gasteiger partial charge is 0.465 e. The third kappa shape index (κ3) is 3.53.